The third-order valence-electron chi connectivity index (χ3n) is 5.40. The molecule has 5 nitrogen and oxygen atoms in total. The van der Waals surface area contributed by atoms with Crippen LogP contribution in [0.5, 0.6) is 17.2 Å². The van der Waals surface area contributed by atoms with Crippen molar-refractivity contribution in [2.45, 2.75) is 30.2 Å². The van der Waals surface area contributed by atoms with Gasteiger partial charge in [0.15, 0.2) is 0 Å². The molecule has 4 rings (SSSR count). The molecule has 3 atom stereocenters. The summed E-state index contributed by atoms with van der Waals surface area (Å²) >= 11 is 6.39. The molecule has 0 amide bonds. The summed E-state index contributed by atoms with van der Waals surface area (Å²) in [4.78, 5) is 13.1. The summed E-state index contributed by atoms with van der Waals surface area (Å²) in [6.45, 7) is 2.46. The van der Waals surface area contributed by atoms with E-state index in [0.717, 1.165) is 11.3 Å². The minimum absolute atomic E-state index is 0.389. The second-order valence-electron chi connectivity index (χ2n) is 7.50. The Balaban J connectivity index is 1.51. The molecule has 162 valence electrons. The van der Waals surface area contributed by atoms with Gasteiger partial charge < -0.3 is 14.2 Å². The van der Waals surface area contributed by atoms with Crippen LogP contribution in [0.3, 0.4) is 0 Å². The average molecular weight is 448 g/mol. The maximum absolute atomic E-state index is 13.1. The molecule has 0 heterocycles. The highest BCUT2D eigenvalue weighted by atomic mass is 35.5. The number of nitriles is 1. The maximum atomic E-state index is 13.1. The Bertz CT molecular complexity index is 1130. The van der Waals surface area contributed by atoms with Crippen LogP contribution in [0.25, 0.3) is 0 Å². The maximum Gasteiger partial charge on any atom is 0.319 e. The van der Waals surface area contributed by atoms with Gasteiger partial charge in [0.1, 0.15) is 28.7 Å². The zero-order valence-electron chi connectivity index (χ0n) is 17.5. The predicted octanol–water partition coefficient (Wildman–Crippen LogP) is 5.93. The van der Waals surface area contributed by atoms with Crippen LogP contribution in [-0.4, -0.2) is 18.0 Å². The molecule has 0 N–H and O–H groups in total. The lowest BCUT2D eigenvalue weighted by Gasteiger charge is -2.19. The third-order valence-corrected chi connectivity index (χ3v) is 5.93. The SMILES string of the molecule is CCOc1ccc(C2(C(=O)OC(C#N)c3cccc(Oc4ccccc4)c3)CC2Cl)cc1. The molecular weight excluding hydrogens is 426 g/mol. The molecule has 0 aliphatic heterocycles. The van der Waals surface area contributed by atoms with E-state index in [9.17, 15) is 10.1 Å². The lowest BCUT2D eigenvalue weighted by atomic mass is 9.95. The van der Waals surface area contributed by atoms with Gasteiger partial charge in [-0.25, -0.2) is 0 Å². The van der Waals surface area contributed by atoms with Gasteiger partial charge in [0.2, 0.25) is 6.10 Å². The van der Waals surface area contributed by atoms with Crippen molar-refractivity contribution in [3.8, 4) is 23.3 Å². The first kappa shape index (κ1) is 21.7. The van der Waals surface area contributed by atoms with Gasteiger partial charge in [-0.15, -0.1) is 11.6 Å². The summed E-state index contributed by atoms with van der Waals surface area (Å²) in [5.41, 5.74) is 0.325. The van der Waals surface area contributed by atoms with Crippen molar-refractivity contribution in [1.82, 2.24) is 0 Å². The topological polar surface area (TPSA) is 68.5 Å². The van der Waals surface area contributed by atoms with E-state index < -0.39 is 17.5 Å². The first-order chi connectivity index (χ1) is 15.6. The average Bonchev–Trinajstić information content (AvgIpc) is 3.51. The molecule has 1 saturated carbocycles. The van der Waals surface area contributed by atoms with E-state index in [1.807, 2.05) is 61.5 Å². The normalized spacial score (nSPS) is 20.0. The van der Waals surface area contributed by atoms with Crippen LogP contribution >= 0.6 is 11.6 Å². The summed E-state index contributed by atoms with van der Waals surface area (Å²) in [6.07, 6.45) is -0.623. The number of esters is 1. The molecule has 3 aromatic carbocycles. The molecule has 0 saturated heterocycles. The standard InChI is InChI=1S/C26H22ClNO4/c1-2-30-20-13-11-19(12-14-20)26(16-24(26)27)25(29)32-23(17-28)18-7-6-10-22(15-18)31-21-8-4-3-5-9-21/h3-15,23-24H,2,16H2,1H3. The second kappa shape index (κ2) is 9.33. The van der Waals surface area contributed by atoms with Crippen molar-refractivity contribution >= 4 is 17.6 Å². The van der Waals surface area contributed by atoms with Gasteiger partial charge in [-0.3, -0.25) is 4.79 Å². The minimum Gasteiger partial charge on any atom is -0.494 e. The molecule has 1 aliphatic rings. The summed E-state index contributed by atoms with van der Waals surface area (Å²) < 4.78 is 17.0. The molecule has 0 aromatic heterocycles. The van der Waals surface area contributed by atoms with Crippen molar-refractivity contribution < 1.29 is 19.0 Å². The molecule has 3 aromatic rings. The molecular formula is C26H22ClNO4. The van der Waals surface area contributed by atoms with Gasteiger partial charge >= 0.3 is 5.97 Å². The monoisotopic (exact) mass is 447 g/mol. The summed E-state index contributed by atoms with van der Waals surface area (Å²) in [6, 6.07) is 25.6. The summed E-state index contributed by atoms with van der Waals surface area (Å²) in [5.74, 6) is 1.43. The Labute approximate surface area is 192 Å². The lowest BCUT2D eigenvalue weighted by molar-refractivity contribution is -0.150. The van der Waals surface area contributed by atoms with Gasteiger partial charge in [0.25, 0.3) is 0 Å². The zero-order valence-corrected chi connectivity index (χ0v) is 18.3. The number of halogens is 1. The molecule has 1 aliphatic carbocycles. The van der Waals surface area contributed by atoms with Crippen LogP contribution in [0, 0.1) is 11.3 Å². The number of carbonyl (C=O) groups is 1. The third kappa shape index (κ3) is 4.42. The Hall–Kier alpha value is -3.49. The summed E-state index contributed by atoms with van der Waals surface area (Å²) in [7, 11) is 0. The lowest BCUT2D eigenvalue weighted by Crippen LogP contribution is -2.27. The Morgan fingerprint density at radius 3 is 2.38 bits per heavy atom. The number of carbonyl (C=O) groups excluding carboxylic acids is 1. The van der Waals surface area contributed by atoms with Crippen LogP contribution < -0.4 is 9.47 Å². The molecule has 6 heteroatoms. The fraction of sp³-hybridized carbons (Fsp3) is 0.231. The van der Waals surface area contributed by atoms with E-state index in [0.29, 0.717) is 30.1 Å². The number of hydrogen-bond acceptors (Lipinski definition) is 5. The molecule has 1 fully saturated rings. The smallest absolute Gasteiger partial charge is 0.319 e. The molecule has 3 unspecified atom stereocenters. The highest BCUT2D eigenvalue weighted by Crippen LogP contribution is 2.54. The number of rotatable bonds is 8. The van der Waals surface area contributed by atoms with E-state index in [1.54, 1.807) is 24.3 Å². The van der Waals surface area contributed by atoms with Crippen LogP contribution in [0.4, 0.5) is 0 Å². The van der Waals surface area contributed by atoms with Gasteiger partial charge in [-0.1, -0.05) is 42.5 Å². The first-order valence-corrected chi connectivity index (χ1v) is 10.8. The number of hydrogen-bond donors (Lipinski definition) is 0. The van der Waals surface area contributed by atoms with Crippen LogP contribution in [0.15, 0.2) is 78.9 Å². The van der Waals surface area contributed by atoms with E-state index in [-0.39, 0.29) is 5.38 Å². The highest BCUT2D eigenvalue weighted by Gasteiger charge is 2.62. The van der Waals surface area contributed by atoms with Crippen molar-refractivity contribution in [2.24, 2.45) is 0 Å². The fourth-order valence-electron chi connectivity index (χ4n) is 3.61. The van der Waals surface area contributed by atoms with Gasteiger partial charge in [0.05, 0.1) is 12.0 Å². The quantitative estimate of drug-likeness (QED) is 0.316. The van der Waals surface area contributed by atoms with E-state index in [4.69, 9.17) is 25.8 Å². The minimum atomic E-state index is -1.08. The van der Waals surface area contributed by atoms with Gasteiger partial charge in [-0.2, -0.15) is 5.26 Å². The van der Waals surface area contributed by atoms with Gasteiger partial charge in [0, 0.05) is 5.56 Å². The molecule has 0 spiro atoms. The highest BCUT2D eigenvalue weighted by molar-refractivity contribution is 6.27. The van der Waals surface area contributed by atoms with Crippen LogP contribution in [0.1, 0.15) is 30.6 Å². The Morgan fingerprint density at radius 2 is 1.75 bits per heavy atom. The number of nitrogens with zero attached hydrogens (tertiary/aromatic N) is 1. The predicted molar refractivity (Wildman–Crippen MR) is 121 cm³/mol. The van der Waals surface area contributed by atoms with E-state index >= 15 is 0 Å². The summed E-state index contributed by atoms with van der Waals surface area (Å²) in [5, 5.41) is 9.32. The van der Waals surface area contributed by atoms with Crippen LogP contribution in [-0.2, 0) is 14.9 Å². The van der Waals surface area contributed by atoms with Crippen molar-refractivity contribution in [2.75, 3.05) is 6.61 Å². The van der Waals surface area contributed by atoms with E-state index in [2.05, 4.69) is 6.07 Å². The van der Waals surface area contributed by atoms with Crippen molar-refractivity contribution in [3.63, 3.8) is 0 Å². The van der Waals surface area contributed by atoms with Crippen molar-refractivity contribution in [3.05, 3.63) is 90.0 Å². The Kier molecular flexibility index (Phi) is 6.34. The first-order valence-electron chi connectivity index (χ1n) is 10.4. The second-order valence-corrected chi connectivity index (χ2v) is 8.03. The molecule has 0 bridgehead atoms. The van der Waals surface area contributed by atoms with Gasteiger partial charge in [-0.05, 0) is 55.3 Å². The number of ether oxygens (including phenoxy) is 3. The number of para-hydroxylation sites is 1. The van der Waals surface area contributed by atoms with Crippen molar-refractivity contribution in [1.29, 1.82) is 5.26 Å². The van der Waals surface area contributed by atoms with Crippen LogP contribution in [0.2, 0.25) is 0 Å². The fourth-order valence-corrected chi connectivity index (χ4v) is 4.07. The molecule has 32 heavy (non-hydrogen) atoms. The zero-order chi connectivity index (χ0) is 22.6. The molecule has 0 radical (unpaired) electrons. The number of benzene rings is 3. The van der Waals surface area contributed by atoms with E-state index in [1.165, 1.54) is 0 Å². The number of alkyl halides is 1. The largest absolute Gasteiger partial charge is 0.494 e. The Morgan fingerprint density at radius 1 is 1.06 bits per heavy atom.